The van der Waals surface area contributed by atoms with E-state index in [2.05, 4.69) is 0 Å². The van der Waals surface area contributed by atoms with E-state index in [1.165, 1.54) is 35.2 Å². The molecule has 0 bridgehead atoms. The number of aryl methyl sites for hydroxylation is 1. The summed E-state index contributed by atoms with van der Waals surface area (Å²) >= 11 is 0. The zero-order chi connectivity index (χ0) is 15.8. The van der Waals surface area contributed by atoms with Gasteiger partial charge >= 0.3 is 12.1 Å². The van der Waals surface area contributed by atoms with Gasteiger partial charge in [0.05, 0.1) is 11.1 Å². The topological polar surface area (TPSA) is 68.2 Å². The summed E-state index contributed by atoms with van der Waals surface area (Å²) in [6.45, 7) is 0. The third-order valence-corrected chi connectivity index (χ3v) is 2.84. The smallest absolute Gasteiger partial charge is 0.350 e. The number of nitrogens with one attached hydrogen (secondary N) is 1. The molecule has 0 aliphatic heterocycles. The fourth-order valence-corrected chi connectivity index (χ4v) is 1.90. The number of hydrogen-bond donors (Lipinski definition) is 1. The molecule has 8 heteroatoms. The Morgan fingerprint density at radius 2 is 1.95 bits per heavy atom. The van der Waals surface area contributed by atoms with Crippen LogP contribution in [0.2, 0.25) is 0 Å². The first-order valence-corrected chi connectivity index (χ1v) is 5.64. The molecule has 0 aliphatic rings. The van der Waals surface area contributed by atoms with Gasteiger partial charge in [0, 0.05) is 24.3 Å². The zero-order valence-electron chi connectivity index (χ0n) is 10.6. The second-order valence-electron chi connectivity index (χ2n) is 4.27. The van der Waals surface area contributed by atoms with Gasteiger partial charge < -0.3 is 9.88 Å². The van der Waals surface area contributed by atoms with Gasteiger partial charge in [0.1, 0.15) is 0 Å². The van der Waals surface area contributed by atoms with E-state index in [1.54, 1.807) is 12.4 Å². The van der Waals surface area contributed by atoms with Crippen molar-refractivity contribution in [1.29, 1.82) is 0 Å². The molecule has 0 atom stereocenters. The van der Waals surface area contributed by atoms with Gasteiger partial charge in [-0.3, -0.25) is 14.4 Å². The number of aromatic nitrogens is 1. The first-order valence-electron chi connectivity index (χ1n) is 5.64. The van der Waals surface area contributed by atoms with E-state index in [1.807, 2.05) is 0 Å². The van der Waals surface area contributed by atoms with E-state index >= 15 is 0 Å². The lowest BCUT2D eigenvalue weighted by Gasteiger charge is -2.08. The molecule has 1 heterocycles. The molecule has 1 N–H and O–H groups in total. The predicted octanol–water partition coefficient (Wildman–Crippen LogP) is 1.97. The Hall–Kier alpha value is -2.64. The highest BCUT2D eigenvalue weighted by molar-refractivity contribution is 6.36. The number of Topliss-reactive ketones (excluding diaryl/α,β-unsaturated/α-hetero) is 1. The van der Waals surface area contributed by atoms with E-state index in [0.717, 1.165) is 0 Å². The van der Waals surface area contributed by atoms with Gasteiger partial charge in [-0.15, -0.1) is 0 Å². The highest BCUT2D eigenvalue weighted by atomic mass is 19.4. The van der Waals surface area contributed by atoms with Crippen molar-refractivity contribution in [2.75, 3.05) is 5.32 Å². The number of alkyl halides is 3. The molecule has 2 aromatic rings. The fourth-order valence-electron chi connectivity index (χ4n) is 1.90. The number of amides is 1. The maximum absolute atomic E-state index is 12.2. The molecule has 0 saturated heterocycles. The molecular weight excluding hydrogens is 289 g/mol. The summed E-state index contributed by atoms with van der Waals surface area (Å²) in [7, 11) is 1.55. The Bertz CT molecular complexity index is 747. The maximum atomic E-state index is 12.2. The van der Waals surface area contributed by atoms with Crippen molar-refractivity contribution in [1.82, 2.24) is 4.57 Å². The van der Waals surface area contributed by atoms with Crippen LogP contribution in [-0.2, 0) is 16.6 Å². The molecular formula is C13H8F3N2O3. The minimum absolute atomic E-state index is 0.0693. The van der Waals surface area contributed by atoms with Crippen LogP contribution in [0.3, 0.4) is 0 Å². The number of anilines is 1. The minimum Gasteiger partial charge on any atom is -0.350 e. The summed E-state index contributed by atoms with van der Waals surface area (Å²) in [4.78, 5) is 32.7. The Labute approximate surface area is 116 Å². The SMILES string of the molecule is Cn1cc(C(=O)[C]=O)c2ccc(NC(=O)C(F)(F)F)cc21. The Kier molecular flexibility index (Phi) is 3.54. The molecule has 0 fully saturated rings. The van der Waals surface area contributed by atoms with Gasteiger partial charge in [0.25, 0.3) is 6.29 Å². The van der Waals surface area contributed by atoms with Crippen LogP contribution in [0, 0.1) is 0 Å². The highest BCUT2D eigenvalue weighted by Gasteiger charge is 2.38. The van der Waals surface area contributed by atoms with Crippen LogP contribution in [0.5, 0.6) is 0 Å². The number of hydrogen-bond acceptors (Lipinski definition) is 3. The number of rotatable bonds is 3. The first-order chi connectivity index (χ1) is 9.74. The summed E-state index contributed by atoms with van der Waals surface area (Å²) in [5, 5.41) is 2.10. The molecule has 1 aromatic carbocycles. The molecule has 2 rings (SSSR count). The third kappa shape index (κ3) is 2.78. The number of carbonyl (C=O) groups is 2. The summed E-state index contributed by atoms with van der Waals surface area (Å²) < 4.78 is 38.0. The normalized spacial score (nSPS) is 11.4. The lowest BCUT2D eigenvalue weighted by Crippen LogP contribution is -2.29. The highest BCUT2D eigenvalue weighted by Crippen LogP contribution is 2.25. The van der Waals surface area contributed by atoms with E-state index < -0.39 is 17.9 Å². The van der Waals surface area contributed by atoms with Gasteiger partial charge in [-0.2, -0.15) is 13.2 Å². The van der Waals surface area contributed by atoms with E-state index in [0.29, 0.717) is 10.9 Å². The van der Waals surface area contributed by atoms with Crippen molar-refractivity contribution >= 4 is 34.6 Å². The number of halogens is 3. The lowest BCUT2D eigenvalue weighted by molar-refractivity contribution is -0.167. The van der Waals surface area contributed by atoms with Crippen LogP contribution < -0.4 is 5.32 Å². The summed E-state index contributed by atoms with van der Waals surface area (Å²) in [5.74, 6) is -2.94. The van der Waals surface area contributed by atoms with Crippen molar-refractivity contribution in [3.8, 4) is 0 Å². The Balaban J connectivity index is 2.44. The van der Waals surface area contributed by atoms with Gasteiger partial charge in [-0.05, 0) is 12.1 Å². The molecule has 1 amide bonds. The molecule has 0 saturated carbocycles. The Morgan fingerprint density at radius 3 is 2.52 bits per heavy atom. The quantitative estimate of drug-likeness (QED) is 0.695. The van der Waals surface area contributed by atoms with E-state index in [-0.39, 0.29) is 11.3 Å². The van der Waals surface area contributed by atoms with Crippen molar-refractivity contribution < 1.29 is 27.6 Å². The fraction of sp³-hybridized carbons (Fsp3) is 0.154. The number of benzene rings is 1. The summed E-state index contributed by atoms with van der Waals surface area (Å²) in [6.07, 6.45) is -2.39. The molecule has 5 nitrogen and oxygen atoms in total. The number of carbonyl (C=O) groups excluding carboxylic acids is 3. The van der Waals surface area contributed by atoms with Crippen LogP contribution in [0.1, 0.15) is 10.4 Å². The summed E-state index contributed by atoms with van der Waals surface area (Å²) in [5.41, 5.74) is 0.421. The average Bonchev–Trinajstić information content (AvgIpc) is 2.74. The van der Waals surface area contributed by atoms with E-state index in [4.69, 9.17) is 0 Å². The van der Waals surface area contributed by atoms with Crippen LogP contribution in [-0.4, -0.2) is 28.7 Å². The average molecular weight is 297 g/mol. The molecule has 0 spiro atoms. The second-order valence-corrected chi connectivity index (χ2v) is 4.27. The predicted molar refractivity (Wildman–Crippen MR) is 67.6 cm³/mol. The molecule has 0 aliphatic carbocycles. The van der Waals surface area contributed by atoms with Crippen LogP contribution in [0.15, 0.2) is 24.4 Å². The lowest BCUT2D eigenvalue weighted by atomic mass is 10.1. The third-order valence-electron chi connectivity index (χ3n) is 2.84. The van der Waals surface area contributed by atoms with Crippen molar-refractivity contribution in [3.05, 3.63) is 30.0 Å². The largest absolute Gasteiger partial charge is 0.471 e. The van der Waals surface area contributed by atoms with Gasteiger partial charge in [0.2, 0.25) is 5.78 Å². The van der Waals surface area contributed by atoms with Crippen molar-refractivity contribution in [3.63, 3.8) is 0 Å². The van der Waals surface area contributed by atoms with Crippen LogP contribution >= 0.6 is 0 Å². The van der Waals surface area contributed by atoms with E-state index in [9.17, 15) is 27.6 Å². The molecule has 1 radical (unpaired) electrons. The number of fused-ring (bicyclic) bond motifs is 1. The van der Waals surface area contributed by atoms with Gasteiger partial charge in [-0.25, -0.2) is 0 Å². The monoisotopic (exact) mass is 297 g/mol. The maximum Gasteiger partial charge on any atom is 0.471 e. The van der Waals surface area contributed by atoms with Gasteiger partial charge in [0.15, 0.2) is 0 Å². The zero-order valence-corrected chi connectivity index (χ0v) is 10.6. The number of ketones is 1. The summed E-state index contributed by atoms with van der Waals surface area (Å²) in [6, 6.07) is 3.85. The molecule has 109 valence electrons. The van der Waals surface area contributed by atoms with Crippen LogP contribution in [0.25, 0.3) is 10.9 Å². The first kappa shape index (κ1) is 14.8. The molecule has 0 unspecified atom stereocenters. The van der Waals surface area contributed by atoms with Crippen molar-refractivity contribution in [2.45, 2.75) is 6.18 Å². The number of nitrogens with zero attached hydrogens (tertiary/aromatic N) is 1. The Morgan fingerprint density at radius 1 is 1.29 bits per heavy atom. The van der Waals surface area contributed by atoms with Gasteiger partial charge in [-0.1, -0.05) is 6.07 Å². The molecule has 1 aromatic heterocycles. The minimum atomic E-state index is -4.99. The second kappa shape index (κ2) is 5.04. The standard InChI is InChI=1S/C13H8F3N2O3/c1-18-5-9(11(20)6-19)8-3-2-7(4-10(8)18)17-12(21)13(14,15)16/h2-5H,1H3,(H,17,21). The molecule has 21 heavy (non-hydrogen) atoms. The van der Waals surface area contributed by atoms with Crippen molar-refractivity contribution in [2.24, 2.45) is 7.05 Å². The van der Waals surface area contributed by atoms with Crippen LogP contribution in [0.4, 0.5) is 18.9 Å².